The molecule has 98 valence electrons. The minimum absolute atomic E-state index is 0.427. The van der Waals surface area contributed by atoms with Crippen LogP contribution >= 0.6 is 11.3 Å². The van der Waals surface area contributed by atoms with Crippen LogP contribution in [0.15, 0.2) is 47.3 Å². The molecular formula is C16H18N2S. The van der Waals surface area contributed by atoms with Crippen LogP contribution in [0, 0.1) is 0 Å². The fraction of sp³-hybridized carbons (Fsp3) is 0.250. The Morgan fingerprint density at radius 2 is 2.16 bits per heavy atom. The molecule has 0 fully saturated rings. The summed E-state index contributed by atoms with van der Waals surface area (Å²) in [5.74, 6) is 0. The van der Waals surface area contributed by atoms with Crippen molar-refractivity contribution in [2.24, 2.45) is 0 Å². The van der Waals surface area contributed by atoms with Gasteiger partial charge in [0.25, 0.3) is 0 Å². The van der Waals surface area contributed by atoms with E-state index in [2.05, 4.69) is 64.5 Å². The van der Waals surface area contributed by atoms with Crippen LogP contribution in [0.5, 0.6) is 0 Å². The molecule has 19 heavy (non-hydrogen) atoms. The zero-order valence-electron chi connectivity index (χ0n) is 11.0. The van der Waals surface area contributed by atoms with Gasteiger partial charge in [-0.25, -0.2) is 0 Å². The van der Waals surface area contributed by atoms with Crippen LogP contribution < -0.4 is 5.32 Å². The SMILES string of the molecule is CC(NCCc1c[nH]c2ccccc12)c1ccsc1. The quantitative estimate of drug-likeness (QED) is 0.717. The molecule has 2 heterocycles. The number of hydrogen-bond acceptors (Lipinski definition) is 2. The summed E-state index contributed by atoms with van der Waals surface area (Å²) in [7, 11) is 0. The largest absolute Gasteiger partial charge is 0.361 e. The first-order valence-electron chi connectivity index (χ1n) is 6.65. The molecule has 3 rings (SSSR count). The second-order valence-corrected chi connectivity index (χ2v) is 5.62. The molecule has 0 saturated carbocycles. The van der Waals surface area contributed by atoms with E-state index in [1.807, 2.05) is 0 Å². The van der Waals surface area contributed by atoms with Gasteiger partial charge in [-0.1, -0.05) is 18.2 Å². The Morgan fingerprint density at radius 3 is 3.00 bits per heavy atom. The van der Waals surface area contributed by atoms with Crippen molar-refractivity contribution in [3.8, 4) is 0 Å². The lowest BCUT2D eigenvalue weighted by Gasteiger charge is -2.11. The Hall–Kier alpha value is -1.58. The van der Waals surface area contributed by atoms with Gasteiger partial charge >= 0.3 is 0 Å². The summed E-state index contributed by atoms with van der Waals surface area (Å²) in [6.07, 6.45) is 3.18. The van der Waals surface area contributed by atoms with Crippen molar-refractivity contribution in [2.45, 2.75) is 19.4 Å². The van der Waals surface area contributed by atoms with Gasteiger partial charge in [-0.2, -0.15) is 11.3 Å². The van der Waals surface area contributed by atoms with Crippen LogP contribution in [0.25, 0.3) is 10.9 Å². The molecule has 3 aromatic rings. The number of aromatic nitrogens is 1. The Kier molecular flexibility index (Phi) is 3.67. The highest BCUT2D eigenvalue weighted by Gasteiger charge is 2.06. The maximum atomic E-state index is 3.58. The third kappa shape index (κ3) is 2.72. The summed E-state index contributed by atoms with van der Waals surface area (Å²) in [6, 6.07) is 11.1. The van der Waals surface area contributed by atoms with Gasteiger partial charge < -0.3 is 10.3 Å². The molecule has 0 amide bonds. The molecule has 0 aliphatic heterocycles. The number of nitrogens with one attached hydrogen (secondary N) is 2. The molecule has 0 aliphatic carbocycles. The van der Waals surface area contributed by atoms with Gasteiger partial charge in [-0.3, -0.25) is 0 Å². The summed E-state index contributed by atoms with van der Waals surface area (Å²) in [4.78, 5) is 3.33. The molecule has 1 unspecified atom stereocenters. The fourth-order valence-electron chi connectivity index (χ4n) is 2.40. The lowest BCUT2D eigenvalue weighted by Crippen LogP contribution is -2.20. The van der Waals surface area contributed by atoms with Crippen LogP contribution in [0.2, 0.25) is 0 Å². The highest BCUT2D eigenvalue weighted by Crippen LogP contribution is 2.19. The van der Waals surface area contributed by atoms with Crippen LogP contribution in [0.1, 0.15) is 24.1 Å². The van der Waals surface area contributed by atoms with Crippen LogP contribution in [-0.4, -0.2) is 11.5 Å². The lowest BCUT2D eigenvalue weighted by molar-refractivity contribution is 0.579. The van der Waals surface area contributed by atoms with Crippen molar-refractivity contribution >= 4 is 22.2 Å². The number of thiophene rings is 1. The van der Waals surface area contributed by atoms with Crippen molar-refractivity contribution in [3.05, 3.63) is 58.4 Å². The molecule has 2 nitrogen and oxygen atoms in total. The fourth-order valence-corrected chi connectivity index (χ4v) is 3.16. The number of para-hydroxylation sites is 1. The molecule has 0 radical (unpaired) electrons. The number of hydrogen-bond donors (Lipinski definition) is 2. The van der Waals surface area contributed by atoms with Gasteiger partial charge in [0.05, 0.1) is 0 Å². The van der Waals surface area contributed by atoms with Crippen molar-refractivity contribution in [1.82, 2.24) is 10.3 Å². The Morgan fingerprint density at radius 1 is 1.26 bits per heavy atom. The van der Waals surface area contributed by atoms with E-state index in [1.165, 1.54) is 22.0 Å². The van der Waals surface area contributed by atoms with Gasteiger partial charge in [0, 0.05) is 23.1 Å². The van der Waals surface area contributed by atoms with Gasteiger partial charge in [-0.05, 0) is 53.9 Å². The van der Waals surface area contributed by atoms with Crippen molar-refractivity contribution in [2.75, 3.05) is 6.54 Å². The normalized spacial score (nSPS) is 12.9. The first-order chi connectivity index (χ1) is 9.34. The molecule has 1 atom stereocenters. The summed E-state index contributed by atoms with van der Waals surface area (Å²) >= 11 is 1.76. The van der Waals surface area contributed by atoms with E-state index in [9.17, 15) is 0 Å². The molecule has 2 N–H and O–H groups in total. The molecule has 0 spiro atoms. The second-order valence-electron chi connectivity index (χ2n) is 4.84. The Balaban J connectivity index is 1.61. The summed E-state index contributed by atoms with van der Waals surface area (Å²) in [5, 5.41) is 9.26. The standard InChI is InChI=1S/C16H18N2S/c1-12(14-7-9-19-11-14)17-8-6-13-10-18-16-5-3-2-4-15(13)16/h2-5,7,9-12,17-18H,6,8H2,1H3. The summed E-state index contributed by atoms with van der Waals surface area (Å²) in [5.41, 5.74) is 3.99. The Labute approximate surface area is 117 Å². The van der Waals surface area contributed by atoms with Gasteiger partial charge in [0.1, 0.15) is 0 Å². The zero-order valence-corrected chi connectivity index (χ0v) is 11.8. The zero-order chi connectivity index (χ0) is 13.1. The van der Waals surface area contributed by atoms with Crippen molar-refractivity contribution in [1.29, 1.82) is 0 Å². The monoisotopic (exact) mass is 270 g/mol. The lowest BCUT2D eigenvalue weighted by atomic mass is 10.1. The molecule has 1 aromatic carbocycles. The van der Waals surface area contributed by atoms with E-state index in [0.717, 1.165) is 13.0 Å². The van der Waals surface area contributed by atoms with E-state index >= 15 is 0 Å². The average molecular weight is 270 g/mol. The smallest absolute Gasteiger partial charge is 0.0456 e. The van der Waals surface area contributed by atoms with E-state index in [0.29, 0.717) is 6.04 Å². The predicted molar refractivity (Wildman–Crippen MR) is 82.7 cm³/mol. The summed E-state index contributed by atoms with van der Waals surface area (Å²) < 4.78 is 0. The second kappa shape index (κ2) is 5.59. The molecule has 0 bridgehead atoms. The van der Waals surface area contributed by atoms with E-state index in [-0.39, 0.29) is 0 Å². The van der Waals surface area contributed by atoms with Gasteiger partial charge in [0.2, 0.25) is 0 Å². The van der Waals surface area contributed by atoms with Crippen LogP contribution in [-0.2, 0) is 6.42 Å². The third-order valence-electron chi connectivity index (χ3n) is 3.56. The van der Waals surface area contributed by atoms with Gasteiger partial charge in [0.15, 0.2) is 0 Å². The number of fused-ring (bicyclic) bond motifs is 1. The maximum absolute atomic E-state index is 3.58. The van der Waals surface area contributed by atoms with E-state index in [1.54, 1.807) is 11.3 Å². The number of rotatable bonds is 5. The van der Waals surface area contributed by atoms with E-state index < -0.39 is 0 Å². The minimum Gasteiger partial charge on any atom is -0.361 e. The molecule has 0 saturated heterocycles. The molecule has 3 heteroatoms. The highest BCUT2D eigenvalue weighted by atomic mass is 32.1. The summed E-state index contributed by atoms with van der Waals surface area (Å²) in [6.45, 7) is 3.22. The average Bonchev–Trinajstić information content (AvgIpc) is 3.08. The highest BCUT2D eigenvalue weighted by molar-refractivity contribution is 7.07. The molecule has 2 aromatic heterocycles. The topological polar surface area (TPSA) is 27.8 Å². The Bertz CT molecular complexity index is 640. The maximum Gasteiger partial charge on any atom is 0.0456 e. The van der Waals surface area contributed by atoms with Gasteiger partial charge in [-0.15, -0.1) is 0 Å². The third-order valence-corrected chi connectivity index (χ3v) is 4.26. The molecular weight excluding hydrogens is 252 g/mol. The van der Waals surface area contributed by atoms with Crippen LogP contribution in [0.3, 0.4) is 0 Å². The minimum atomic E-state index is 0.427. The molecule has 0 aliphatic rings. The van der Waals surface area contributed by atoms with E-state index in [4.69, 9.17) is 0 Å². The number of benzene rings is 1. The van der Waals surface area contributed by atoms with Crippen LogP contribution in [0.4, 0.5) is 0 Å². The predicted octanol–water partition coefficient (Wildman–Crippen LogP) is 4.12. The first kappa shape index (κ1) is 12.5. The number of H-pyrrole nitrogens is 1. The van der Waals surface area contributed by atoms with Crippen molar-refractivity contribution < 1.29 is 0 Å². The number of aromatic amines is 1. The van der Waals surface area contributed by atoms with Crippen molar-refractivity contribution in [3.63, 3.8) is 0 Å². The first-order valence-corrected chi connectivity index (χ1v) is 7.59.